The molecule has 1 atom stereocenters. The van der Waals surface area contributed by atoms with Crippen molar-refractivity contribution in [1.29, 1.82) is 0 Å². The fourth-order valence-corrected chi connectivity index (χ4v) is 4.01. The molecule has 2 aliphatic rings. The zero-order chi connectivity index (χ0) is 17.9. The average Bonchev–Trinajstić information content (AvgIpc) is 2.61. The second-order valence-electron chi connectivity index (χ2n) is 7.61. The lowest BCUT2D eigenvalue weighted by Crippen LogP contribution is -2.44. The number of piperidine rings is 1. The quantitative estimate of drug-likeness (QED) is 0.821. The largest absolute Gasteiger partial charge is 0.342 e. The number of benzene rings is 1. The van der Waals surface area contributed by atoms with Crippen LogP contribution in [0.2, 0.25) is 0 Å². The normalized spacial score (nSPS) is 20.7. The van der Waals surface area contributed by atoms with Gasteiger partial charge in [0, 0.05) is 42.7 Å². The summed E-state index contributed by atoms with van der Waals surface area (Å²) < 4.78 is 13.4. The molecule has 4 heteroatoms. The van der Waals surface area contributed by atoms with Crippen LogP contribution in [-0.2, 0) is 11.2 Å². The highest BCUT2D eigenvalue weighted by molar-refractivity contribution is 5.79. The van der Waals surface area contributed by atoms with E-state index in [-0.39, 0.29) is 11.7 Å². The molecule has 0 N–H and O–H groups in total. The van der Waals surface area contributed by atoms with Crippen LogP contribution in [0.25, 0.3) is 0 Å². The summed E-state index contributed by atoms with van der Waals surface area (Å²) in [4.78, 5) is 19.5. The highest BCUT2D eigenvalue weighted by atomic mass is 19.1. The molecule has 3 nitrogen and oxygen atoms in total. The number of pyridine rings is 1. The van der Waals surface area contributed by atoms with E-state index in [0.717, 1.165) is 55.7 Å². The van der Waals surface area contributed by atoms with Gasteiger partial charge >= 0.3 is 0 Å². The first-order valence-electron chi connectivity index (χ1n) is 9.68. The lowest BCUT2D eigenvalue weighted by molar-refractivity contribution is -0.139. The van der Waals surface area contributed by atoms with E-state index in [2.05, 4.69) is 11.0 Å². The molecule has 4 rings (SSSR count). The molecule has 0 spiro atoms. The molecule has 1 aromatic carbocycles. The summed E-state index contributed by atoms with van der Waals surface area (Å²) in [6, 6.07) is 12.8. The van der Waals surface area contributed by atoms with Crippen molar-refractivity contribution in [3.63, 3.8) is 0 Å². The Morgan fingerprint density at radius 3 is 2.73 bits per heavy atom. The predicted octanol–water partition coefficient (Wildman–Crippen LogP) is 4.32. The zero-order valence-corrected chi connectivity index (χ0v) is 15.0. The monoisotopic (exact) mass is 352 g/mol. The first-order valence-corrected chi connectivity index (χ1v) is 9.68. The van der Waals surface area contributed by atoms with Gasteiger partial charge in [0.15, 0.2) is 0 Å². The number of aromatic nitrogens is 1. The van der Waals surface area contributed by atoms with Crippen molar-refractivity contribution in [3.8, 4) is 0 Å². The molecular formula is C22H25FN2O. The van der Waals surface area contributed by atoms with Crippen LogP contribution in [0.3, 0.4) is 0 Å². The summed E-state index contributed by atoms with van der Waals surface area (Å²) in [6.07, 6.45) is 6.05. The van der Waals surface area contributed by atoms with E-state index >= 15 is 0 Å². The number of carbonyl (C=O) groups excluding carboxylic acids is 1. The molecule has 2 fully saturated rings. The van der Waals surface area contributed by atoms with Gasteiger partial charge in [0.25, 0.3) is 0 Å². The number of carbonyl (C=O) groups is 1. The zero-order valence-electron chi connectivity index (χ0n) is 15.0. The minimum absolute atomic E-state index is 0.212. The average molecular weight is 352 g/mol. The molecule has 1 amide bonds. The minimum Gasteiger partial charge on any atom is -0.342 e. The van der Waals surface area contributed by atoms with Crippen LogP contribution in [0.15, 0.2) is 42.5 Å². The molecule has 1 saturated heterocycles. The standard InChI is InChI=1S/C22H25FN2O/c23-19-9-1-5-16(13-19)14-20-10-3-11-21(24-20)18-8-4-12-25(15-18)22(26)17-6-2-7-17/h1,3,5,9-11,13,17-18H,2,4,6-8,12,14-15H2/t18-/m0/s1. The summed E-state index contributed by atoms with van der Waals surface area (Å²) in [5.74, 6) is 0.703. The van der Waals surface area contributed by atoms with Crippen LogP contribution in [0, 0.1) is 11.7 Å². The Morgan fingerprint density at radius 2 is 1.96 bits per heavy atom. The fourth-order valence-electron chi connectivity index (χ4n) is 4.01. The molecule has 2 heterocycles. The summed E-state index contributed by atoms with van der Waals surface area (Å²) in [6.45, 7) is 1.67. The van der Waals surface area contributed by atoms with Crippen LogP contribution in [0.1, 0.15) is 55.0 Å². The molecule has 0 bridgehead atoms. The maximum atomic E-state index is 13.4. The van der Waals surface area contributed by atoms with Crippen LogP contribution >= 0.6 is 0 Å². The number of hydrogen-bond acceptors (Lipinski definition) is 2. The Hall–Kier alpha value is -2.23. The van der Waals surface area contributed by atoms with E-state index in [1.165, 1.54) is 12.5 Å². The third-order valence-corrected chi connectivity index (χ3v) is 5.71. The van der Waals surface area contributed by atoms with Crippen LogP contribution in [0.5, 0.6) is 0 Å². The second-order valence-corrected chi connectivity index (χ2v) is 7.61. The number of halogens is 1. The lowest BCUT2D eigenvalue weighted by Gasteiger charge is -2.37. The number of likely N-dealkylation sites (tertiary alicyclic amines) is 1. The van der Waals surface area contributed by atoms with Gasteiger partial charge in [-0.15, -0.1) is 0 Å². The molecule has 1 aliphatic heterocycles. The lowest BCUT2D eigenvalue weighted by atomic mass is 9.83. The number of nitrogens with zero attached hydrogens (tertiary/aromatic N) is 2. The fraction of sp³-hybridized carbons (Fsp3) is 0.455. The number of rotatable bonds is 4. The van der Waals surface area contributed by atoms with Crippen LogP contribution in [-0.4, -0.2) is 28.9 Å². The van der Waals surface area contributed by atoms with Crippen LogP contribution < -0.4 is 0 Å². The Morgan fingerprint density at radius 1 is 1.12 bits per heavy atom. The van der Waals surface area contributed by atoms with Crippen molar-refractivity contribution >= 4 is 5.91 Å². The van der Waals surface area contributed by atoms with Crippen LogP contribution in [0.4, 0.5) is 4.39 Å². The Bertz CT molecular complexity index is 787. The van der Waals surface area contributed by atoms with Crippen molar-refractivity contribution in [2.24, 2.45) is 5.92 Å². The van der Waals surface area contributed by atoms with Crippen molar-refractivity contribution in [1.82, 2.24) is 9.88 Å². The summed E-state index contributed by atoms with van der Waals surface area (Å²) in [5.41, 5.74) is 2.95. The third kappa shape index (κ3) is 3.79. The van der Waals surface area contributed by atoms with E-state index in [9.17, 15) is 9.18 Å². The summed E-state index contributed by atoms with van der Waals surface area (Å²) in [5, 5.41) is 0. The minimum atomic E-state index is -0.212. The van der Waals surface area contributed by atoms with Gasteiger partial charge in [-0.3, -0.25) is 9.78 Å². The smallest absolute Gasteiger partial charge is 0.225 e. The van der Waals surface area contributed by atoms with Crippen molar-refractivity contribution in [2.45, 2.75) is 44.4 Å². The molecule has 26 heavy (non-hydrogen) atoms. The van der Waals surface area contributed by atoms with Gasteiger partial charge < -0.3 is 4.90 Å². The van der Waals surface area contributed by atoms with E-state index in [1.807, 2.05) is 18.2 Å². The molecule has 0 radical (unpaired) electrons. The number of hydrogen-bond donors (Lipinski definition) is 0. The van der Waals surface area contributed by atoms with E-state index in [0.29, 0.717) is 18.2 Å². The molecule has 1 aliphatic carbocycles. The molecular weight excluding hydrogens is 327 g/mol. The van der Waals surface area contributed by atoms with Gasteiger partial charge in [-0.1, -0.05) is 24.6 Å². The van der Waals surface area contributed by atoms with Gasteiger partial charge in [0.2, 0.25) is 5.91 Å². The summed E-state index contributed by atoms with van der Waals surface area (Å²) in [7, 11) is 0. The van der Waals surface area contributed by atoms with Gasteiger partial charge in [0.1, 0.15) is 5.82 Å². The van der Waals surface area contributed by atoms with Gasteiger partial charge in [-0.2, -0.15) is 0 Å². The molecule has 2 aromatic rings. The Labute approximate surface area is 154 Å². The highest BCUT2D eigenvalue weighted by Gasteiger charge is 2.32. The first-order chi connectivity index (χ1) is 12.7. The van der Waals surface area contributed by atoms with Crippen molar-refractivity contribution < 1.29 is 9.18 Å². The maximum Gasteiger partial charge on any atom is 0.225 e. The predicted molar refractivity (Wildman–Crippen MR) is 99.3 cm³/mol. The van der Waals surface area contributed by atoms with E-state index < -0.39 is 0 Å². The topological polar surface area (TPSA) is 33.2 Å². The Balaban J connectivity index is 1.46. The first kappa shape index (κ1) is 17.2. The van der Waals surface area contributed by atoms with Crippen molar-refractivity contribution in [3.05, 3.63) is 65.2 Å². The SMILES string of the molecule is O=C(C1CCC1)N1CCC[C@H](c2cccc(Cc3cccc(F)c3)n2)C1. The Kier molecular flexibility index (Phi) is 5.00. The highest BCUT2D eigenvalue weighted by Crippen LogP contribution is 2.32. The van der Waals surface area contributed by atoms with Crippen molar-refractivity contribution in [2.75, 3.05) is 13.1 Å². The van der Waals surface area contributed by atoms with Gasteiger partial charge in [-0.05, 0) is 55.5 Å². The number of amides is 1. The third-order valence-electron chi connectivity index (χ3n) is 5.71. The van der Waals surface area contributed by atoms with Gasteiger partial charge in [-0.25, -0.2) is 4.39 Å². The second kappa shape index (κ2) is 7.56. The molecule has 1 saturated carbocycles. The molecule has 0 unspecified atom stereocenters. The maximum absolute atomic E-state index is 13.4. The van der Waals surface area contributed by atoms with Gasteiger partial charge in [0.05, 0.1) is 0 Å². The van der Waals surface area contributed by atoms with E-state index in [4.69, 9.17) is 4.98 Å². The molecule has 136 valence electrons. The van der Waals surface area contributed by atoms with E-state index in [1.54, 1.807) is 12.1 Å². The summed E-state index contributed by atoms with van der Waals surface area (Å²) >= 11 is 0. The molecule has 1 aromatic heterocycles.